The lowest BCUT2D eigenvalue weighted by molar-refractivity contribution is -0.157. The number of nitrogens with one attached hydrogen (secondary N) is 3. The van der Waals surface area contributed by atoms with E-state index in [-0.39, 0.29) is 81.1 Å². The fourth-order valence-corrected chi connectivity index (χ4v) is 9.04. The van der Waals surface area contributed by atoms with E-state index in [0.29, 0.717) is 62.6 Å². The number of anilines is 2. The molecule has 396 valence electrons. The van der Waals surface area contributed by atoms with Gasteiger partial charge in [-0.1, -0.05) is 13.8 Å². The third kappa shape index (κ3) is 18.3. The van der Waals surface area contributed by atoms with E-state index in [1.807, 2.05) is 0 Å². The first-order valence-electron chi connectivity index (χ1n) is 24.0. The number of nitrogens with zero attached hydrogens (tertiary/aromatic N) is 4. The molecule has 20 nitrogen and oxygen atoms in total. The maximum atomic E-state index is 15.2. The zero-order valence-corrected chi connectivity index (χ0v) is 42.6. The highest BCUT2D eigenvalue weighted by molar-refractivity contribution is 7.92. The number of carbonyl (C=O) groups is 5. The molecule has 0 spiro atoms. The van der Waals surface area contributed by atoms with Crippen molar-refractivity contribution in [2.45, 2.75) is 103 Å². The molecular formula is C49H68F2N8O12S. The number of halogens is 2. The number of hydrogen-bond donors (Lipinski definition) is 4. The van der Waals surface area contributed by atoms with Crippen LogP contribution in [0.25, 0.3) is 11.3 Å². The predicted molar refractivity (Wildman–Crippen MR) is 263 cm³/mol. The number of likely N-dealkylation sites (tertiary alicyclic amines) is 1. The number of nitrogens with two attached hydrogens (primary N) is 1. The highest BCUT2D eigenvalue weighted by atomic mass is 32.2. The first-order chi connectivity index (χ1) is 34.2. The summed E-state index contributed by atoms with van der Waals surface area (Å²) >= 11 is 0. The van der Waals surface area contributed by atoms with Gasteiger partial charge in [-0.3, -0.25) is 24.0 Å². The van der Waals surface area contributed by atoms with Crippen LogP contribution in [0.3, 0.4) is 0 Å². The lowest BCUT2D eigenvalue weighted by Gasteiger charge is -2.30. The minimum Gasteiger partial charge on any atom is -0.494 e. The molecule has 23 heteroatoms. The van der Waals surface area contributed by atoms with Crippen LogP contribution in [0.4, 0.5) is 20.4 Å². The van der Waals surface area contributed by atoms with E-state index in [9.17, 15) is 32.6 Å². The first kappa shape index (κ1) is 57.0. The average molecular weight is 1030 g/mol. The predicted octanol–water partition coefficient (Wildman–Crippen LogP) is 4.59. The van der Waals surface area contributed by atoms with E-state index in [1.165, 1.54) is 23.3 Å². The smallest absolute Gasteiger partial charge is 0.308 e. The largest absolute Gasteiger partial charge is 0.494 e. The Morgan fingerprint density at radius 1 is 0.944 bits per heavy atom. The van der Waals surface area contributed by atoms with E-state index in [0.717, 1.165) is 12.3 Å². The van der Waals surface area contributed by atoms with Crippen LogP contribution in [0.1, 0.15) is 78.7 Å². The third-order valence-corrected chi connectivity index (χ3v) is 12.4. The number of esters is 1. The van der Waals surface area contributed by atoms with Crippen molar-refractivity contribution in [3.63, 3.8) is 0 Å². The van der Waals surface area contributed by atoms with E-state index in [1.54, 1.807) is 52.8 Å². The number of rotatable bonds is 21. The number of ether oxygens (including phenoxy) is 6. The summed E-state index contributed by atoms with van der Waals surface area (Å²) in [5.74, 6) is -5.12. The molecule has 5 rings (SSSR count). The number of fused-ring (bicyclic) bond motifs is 6. The van der Waals surface area contributed by atoms with Gasteiger partial charge in [0, 0.05) is 49.1 Å². The van der Waals surface area contributed by atoms with Crippen LogP contribution in [-0.2, 0) is 58.4 Å². The molecule has 0 aliphatic carbocycles. The Labute approximate surface area is 419 Å². The molecule has 0 unspecified atom stereocenters. The highest BCUT2D eigenvalue weighted by Crippen LogP contribution is 2.33. The van der Waals surface area contributed by atoms with Crippen LogP contribution in [0.2, 0.25) is 0 Å². The summed E-state index contributed by atoms with van der Waals surface area (Å²) in [5, 5.41) is 8.38. The summed E-state index contributed by atoms with van der Waals surface area (Å²) in [7, 11) is -3.35. The fraction of sp³-hybridized carbons (Fsp3) is 0.571. The summed E-state index contributed by atoms with van der Waals surface area (Å²) in [6, 6.07) is 4.96. The number of carbonyl (C=O) groups excluding carboxylic acids is 5. The molecule has 0 radical (unpaired) electrons. The Morgan fingerprint density at radius 3 is 2.33 bits per heavy atom. The van der Waals surface area contributed by atoms with Crippen LogP contribution >= 0.6 is 0 Å². The van der Waals surface area contributed by atoms with Gasteiger partial charge in [0.25, 0.3) is 5.91 Å². The maximum Gasteiger partial charge on any atom is 0.308 e. The number of benzene rings is 2. The van der Waals surface area contributed by atoms with Gasteiger partial charge in [-0.25, -0.2) is 23.0 Å². The van der Waals surface area contributed by atoms with Crippen molar-refractivity contribution in [1.82, 2.24) is 25.5 Å². The molecule has 72 heavy (non-hydrogen) atoms. The lowest BCUT2D eigenvalue weighted by Crippen LogP contribution is -2.56. The van der Waals surface area contributed by atoms with Gasteiger partial charge in [0.15, 0.2) is 5.82 Å². The second-order valence-electron chi connectivity index (χ2n) is 18.7. The Kier molecular flexibility index (Phi) is 21.6. The molecule has 1 fully saturated rings. The minimum atomic E-state index is -3.35. The van der Waals surface area contributed by atoms with Crippen molar-refractivity contribution in [3.8, 4) is 22.8 Å². The van der Waals surface area contributed by atoms with Crippen LogP contribution in [0, 0.1) is 17.6 Å². The maximum absolute atomic E-state index is 15.2. The van der Waals surface area contributed by atoms with Crippen LogP contribution in [0.15, 0.2) is 47.0 Å². The van der Waals surface area contributed by atoms with Gasteiger partial charge in [-0.15, -0.1) is 0 Å². The molecule has 2 aromatic carbocycles. The van der Waals surface area contributed by atoms with Crippen molar-refractivity contribution in [1.29, 1.82) is 0 Å². The molecular weight excluding hydrogens is 963 g/mol. The quantitative estimate of drug-likeness (QED) is 0.0840. The SMILES string of the molecule is CC(C)[C@H](NC(=O)[C@@H]1CCCN1C(=O)[C@H](CC(=O)OC(C)(C)C)NC(=O)CCOCCOCCOCCN)C(=O)N=[S@@](C)(=O)Cc1cc2cc(c1)OCCCCOc1cc(F)ccc1-c1nc(ncc1F)N2. The molecule has 4 amide bonds. The van der Waals surface area contributed by atoms with E-state index < -0.39 is 87.0 Å². The summed E-state index contributed by atoms with van der Waals surface area (Å²) in [5.41, 5.74) is 5.45. The molecule has 2 aliphatic rings. The second-order valence-corrected chi connectivity index (χ2v) is 21.1. The standard InChI is InChI=1S/C49H68F2N8O12S/c1-31(2)43(56-45(62)39-10-9-15-59(39)47(64)38(28-42(61)71-49(3,4)5)55-41(60)13-18-66-20-22-68-23-21-67-19-14-52)46(63)58-72(6,65)30-32-24-34-27-35(25-32)69-16-7-8-17-70-40-26-33(50)11-12-36(40)44-37(51)29-53-48(54-34)57-44/h11-12,24-27,29,31,38-39,43H,7-10,13-23,28,30,52H2,1-6H3,(H,55,60)(H,56,62)(H,53,54,57)/t38-,39-,43-,72-/m0/s1. The molecule has 0 saturated carbocycles. The van der Waals surface area contributed by atoms with E-state index >= 15 is 4.39 Å². The van der Waals surface area contributed by atoms with Crippen molar-refractivity contribution in [2.75, 3.05) is 77.5 Å². The summed E-state index contributed by atoms with van der Waals surface area (Å²) in [6.07, 6.45) is 3.33. The van der Waals surface area contributed by atoms with Gasteiger partial charge in [-0.05, 0) is 82.2 Å². The minimum absolute atomic E-state index is 0.00556. The topological polar surface area (TPSA) is 261 Å². The normalized spacial score (nSPS) is 16.5. The molecule has 1 saturated heterocycles. The Bertz CT molecular complexity index is 2490. The van der Waals surface area contributed by atoms with Gasteiger partial charge in [0.2, 0.25) is 23.7 Å². The van der Waals surface area contributed by atoms with E-state index in [4.69, 9.17) is 34.2 Å². The second kappa shape index (κ2) is 27.3. The van der Waals surface area contributed by atoms with Gasteiger partial charge >= 0.3 is 5.97 Å². The molecule has 5 N–H and O–H groups in total. The zero-order chi connectivity index (χ0) is 52.4. The lowest BCUT2D eigenvalue weighted by atomic mass is 10.0. The summed E-state index contributed by atoms with van der Waals surface area (Å²) < 4.78 is 81.2. The summed E-state index contributed by atoms with van der Waals surface area (Å²) in [4.78, 5) is 78.0. The molecule has 4 bridgehead atoms. The van der Waals surface area contributed by atoms with Crippen LogP contribution in [0.5, 0.6) is 11.5 Å². The van der Waals surface area contributed by atoms with Gasteiger partial charge in [-0.2, -0.15) is 4.36 Å². The Hall–Kier alpha value is -5.88. The van der Waals surface area contributed by atoms with Crippen molar-refractivity contribution >= 4 is 51.0 Å². The molecule has 1 aromatic heterocycles. The average Bonchev–Trinajstić information content (AvgIpc) is 3.79. The van der Waals surface area contributed by atoms with Gasteiger partial charge in [0.1, 0.15) is 46.7 Å². The number of amides is 4. The van der Waals surface area contributed by atoms with Crippen LogP contribution < -0.4 is 31.2 Å². The van der Waals surface area contributed by atoms with Crippen molar-refractivity contribution in [2.24, 2.45) is 16.0 Å². The monoisotopic (exact) mass is 1030 g/mol. The molecule has 4 atom stereocenters. The molecule has 2 aliphatic heterocycles. The number of hydrogen-bond acceptors (Lipinski definition) is 16. The Balaban J connectivity index is 1.27. The third-order valence-electron chi connectivity index (χ3n) is 10.9. The number of aromatic nitrogens is 2. The van der Waals surface area contributed by atoms with Gasteiger partial charge in [0.05, 0.1) is 81.0 Å². The van der Waals surface area contributed by atoms with E-state index in [2.05, 4.69) is 30.3 Å². The highest BCUT2D eigenvalue weighted by Gasteiger charge is 2.40. The molecule has 3 aromatic rings. The summed E-state index contributed by atoms with van der Waals surface area (Å²) in [6.45, 7) is 11.0. The van der Waals surface area contributed by atoms with Crippen LogP contribution in [-0.4, -0.2) is 145 Å². The van der Waals surface area contributed by atoms with Gasteiger partial charge < -0.3 is 55.0 Å². The fourth-order valence-electron chi connectivity index (χ4n) is 7.69. The molecule has 3 heterocycles. The first-order valence-corrected chi connectivity index (χ1v) is 26.1. The van der Waals surface area contributed by atoms with Crippen molar-refractivity contribution in [3.05, 3.63) is 59.8 Å². The van der Waals surface area contributed by atoms with Crippen molar-refractivity contribution < 1.29 is 65.4 Å². The Morgan fingerprint density at radius 2 is 1.64 bits per heavy atom. The zero-order valence-electron chi connectivity index (χ0n) is 41.8.